The van der Waals surface area contributed by atoms with E-state index in [9.17, 15) is 19.2 Å². The SMILES string of the molecule is COc1cccc(CC(=O)N[C@@H](CCCCN)C(=O)N[C@@H](CCCCN)C(=O)N[C@H](C=O)CCCN=C(N)N)c1. The Morgan fingerprint density at radius 1 is 0.900 bits per heavy atom. The van der Waals surface area contributed by atoms with E-state index < -0.39 is 29.9 Å². The summed E-state index contributed by atoms with van der Waals surface area (Å²) in [4.78, 5) is 54.7. The van der Waals surface area contributed by atoms with Crippen molar-refractivity contribution >= 4 is 30.0 Å². The topological polar surface area (TPSA) is 230 Å². The van der Waals surface area contributed by atoms with Gasteiger partial charge in [0.05, 0.1) is 19.6 Å². The van der Waals surface area contributed by atoms with Crippen molar-refractivity contribution in [3.8, 4) is 5.75 Å². The van der Waals surface area contributed by atoms with Crippen LogP contribution in [0, 0.1) is 0 Å². The number of benzene rings is 1. The van der Waals surface area contributed by atoms with E-state index in [1.165, 1.54) is 0 Å². The van der Waals surface area contributed by atoms with E-state index in [0.29, 0.717) is 83.0 Å². The minimum Gasteiger partial charge on any atom is -0.497 e. The van der Waals surface area contributed by atoms with Gasteiger partial charge in [-0.3, -0.25) is 19.4 Å². The Morgan fingerprint density at radius 3 is 2.10 bits per heavy atom. The first-order valence-electron chi connectivity index (χ1n) is 13.7. The first kappa shape index (κ1) is 34.3. The Morgan fingerprint density at radius 2 is 1.52 bits per heavy atom. The number of ether oxygens (including phenoxy) is 1. The molecule has 0 heterocycles. The van der Waals surface area contributed by atoms with Gasteiger partial charge in [-0.05, 0) is 82.2 Å². The highest BCUT2D eigenvalue weighted by molar-refractivity contribution is 5.93. The zero-order chi connectivity index (χ0) is 29.8. The molecule has 1 aromatic rings. The molecule has 0 aliphatic carbocycles. The molecular formula is C27H46N8O5. The number of hydrogen-bond acceptors (Lipinski definition) is 8. The third-order valence-corrected chi connectivity index (χ3v) is 6.14. The van der Waals surface area contributed by atoms with Crippen molar-refractivity contribution in [2.45, 2.75) is 75.9 Å². The summed E-state index contributed by atoms with van der Waals surface area (Å²) in [6.07, 6.45) is 4.72. The lowest BCUT2D eigenvalue weighted by Crippen LogP contribution is -2.55. The molecule has 1 rings (SSSR count). The number of nitrogens with two attached hydrogens (primary N) is 4. The van der Waals surface area contributed by atoms with Crippen LogP contribution in [0.5, 0.6) is 5.75 Å². The van der Waals surface area contributed by atoms with Gasteiger partial charge in [-0.1, -0.05) is 12.1 Å². The fraction of sp³-hybridized carbons (Fsp3) is 0.593. The van der Waals surface area contributed by atoms with E-state index in [2.05, 4.69) is 20.9 Å². The monoisotopic (exact) mass is 562 g/mol. The number of amides is 3. The van der Waals surface area contributed by atoms with Gasteiger partial charge in [-0.25, -0.2) is 0 Å². The summed E-state index contributed by atoms with van der Waals surface area (Å²) in [7, 11) is 1.54. The lowest BCUT2D eigenvalue weighted by molar-refractivity contribution is -0.132. The Labute approximate surface area is 236 Å². The highest BCUT2D eigenvalue weighted by Crippen LogP contribution is 2.13. The largest absolute Gasteiger partial charge is 0.497 e. The molecule has 40 heavy (non-hydrogen) atoms. The molecule has 224 valence electrons. The summed E-state index contributed by atoms with van der Waals surface area (Å²) < 4.78 is 5.21. The van der Waals surface area contributed by atoms with Gasteiger partial charge in [0.2, 0.25) is 17.7 Å². The molecular weight excluding hydrogens is 516 g/mol. The van der Waals surface area contributed by atoms with Gasteiger partial charge >= 0.3 is 0 Å². The highest BCUT2D eigenvalue weighted by atomic mass is 16.5. The van der Waals surface area contributed by atoms with E-state index >= 15 is 0 Å². The summed E-state index contributed by atoms with van der Waals surface area (Å²) in [6, 6.07) is 4.57. The van der Waals surface area contributed by atoms with Crippen LogP contribution in [0.4, 0.5) is 0 Å². The van der Waals surface area contributed by atoms with Gasteiger partial charge in [0.1, 0.15) is 24.1 Å². The zero-order valence-corrected chi connectivity index (χ0v) is 23.4. The van der Waals surface area contributed by atoms with Crippen LogP contribution < -0.4 is 43.6 Å². The lowest BCUT2D eigenvalue weighted by atomic mass is 10.0. The van der Waals surface area contributed by atoms with Crippen LogP contribution in [-0.2, 0) is 25.6 Å². The minimum absolute atomic E-state index is 0.0500. The van der Waals surface area contributed by atoms with Crippen LogP contribution in [0.25, 0.3) is 0 Å². The molecule has 13 nitrogen and oxygen atoms in total. The van der Waals surface area contributed by atoms with Crippen LogP contribution in [0.2, 0.25) is 0 Å². The molecule has 1 aromatic carbocycles. The standard InChI is InChI=1S/C27H46N8O5/c1-40-21-10-6-8-19(16-21)17-24(37)34-22(11-2-4-13-28)26(39)35-23(12-3-5-14-29)25(38)33-20(18-36)9-7-15-32-27(30)31/h6,8,10,16,18,20,22-23H,2-5,7,9,11-15,17,28-29H2,1H3,(H,33,38)(H,34,37)(H,35,39)(H4,30,31,32)/t20-,22-,23-/m0/s1. The van der Waals surface area contributed by atoms with Gasteiger partial charge in [0.25, 0.3) is 0 Å². The van der Waals surface area contributed by atoms with Crippen LogP contribution >= 0.6 is 0 Å². The normalized spacial score (nSPS) is 12.9. The van der Waals surface area contributed by atoms with E-state index in [-0.39, 0.29) is 18.3 Å². The summed E-state index contributed by atoms with van der Waals surface area (Å²) in [5.74, 6) is -0.746. The highest BCUT2D eigenvalue weighted by Gasteiger charge is 2.27. The number of unbranched alkanes of at least 4 members (excludes halogenated alkanes) is 2. The molecule has 0 unspecified atom stereocenters. The second-order valence-electron chi connectivity index (χ2n) is 9.48. The summed E-state index contributed by atoms with van der Waals surface area (Å²) >= 11 is 0. The van der Waals surface area contributed by atoms with Crippen molar-refractivity contribution in [3.05, 3.63) is 29.8 Å². The third kappa shape index (κ3) is 14.4. The van der Waals surface area contributed by atoms with Gasteiger partial charge in [-0.15, -0.1) is 0 Å². The maximum Gasteiger partial charge on any atom is 0.243 e. The molecule has 3 atom stereocenters. The van der Waals surface area contributed by atoms with Gasteiger partial charge in [-0.2, -0.15) is 0 Å². The van der Waals surface area contributed by atoms with Crippen molar-refractivity contribution in [2.75, 3.05) is 26.7 Å². The molecule has 0 saturated carbocycles. The fourth-order valence-electron chi connectivity index (χ4n) is 3.99. The third-order valence-electron chi connectivity index (χ3n) is 6.14. The van der Waals surface area contributed by atoms with Crippen LogP contribution in [-0.4, -0.2) is 74.8 Å². The Hall–Kier alpha value is -3.71. The predicted octanol–water partition coefficient (Wildman–Crippen LogP) is -0.797. The van der Waals surface area contributed by atoms with E-state index in [1.807, 2.05) is 0 Å². The maximum absolute atomic E-state index is 13.3. The first-order valence-corrected chi connectivity index (χ1v) is 13.7. The second-order valence-corrected chi connectivity index (χ2v) is 9.48. The minimum atomic E-state index is -0.911. The molecule has 0 radical (unpaired) electrons. The van der Waals surface area contributed by atoms with Crippen LogP contribution in [0.1, 0.15) is 56.9 Å². The van der Waals surface area contributed by atoms with E-state index in [1.54, 1.807) is 31.4 Å². The number of rotatable bonds is 21. The zero-order valence-electron chi connectivity index (χ0n) is 23.4. The lowest BCUT2D eigenvalue weighted by Gasteiger charge is -2.24. The molecule has 0 saturated heterocycles. The van der Waals surface area contributed by atoms with Crippen molar-refractivity contribution < 1.29 is 23.9 Å². The quantitative estimate of drug-likeness (QED) is 0.0430. The van der Waals surface area contributed by atoms with Gasteiger partial charge < -0.3 is 48.4 Å². The molecule has 3 amide bonds. The van der Waals surface area contributed by atoms with E-state index in [0.717, 1.165) is 5.56 Å². The molecule has 11 N–H and O–H groups in total. The number of nitrogens with one attached hydrogen (secondary N) is 3. The molecule has 0 aliphatic heterocycles. The number of methoxy groups -OCH3 is 1. The number of carbonyl (C=O) groups excluding carboxylic acids is 4. The van der Waals surface area contributed by atoms with Gasteiger partial charge in [0.15, 0.2) is 5.96 Å². The first-order chi connectivity index (χ1) is 19.2. The molecule has 0 aliphatic rings. The van der Waals surface area contributed by atoms with Crippen molar-refractivity contribution in [3.63, 3.8) is 0 Å². The van der Waals surface area contributed by atoms with Crippen LogP contribution in [0.15, 0.2) is 29.3 Å². The fourth-order valence-corrected chi connectivity index (χ4v) is 3.99. The second kappa shape index (κ2) is 20.2. The maximum atomic E-state index is 13.3. The van der Waals surface area contributed by atoms with Crippen molar-refractivity contribution in [2.24, 2.45) is 27.9 Å². The number of carbonyl (C=O) groups is 4. The average Bonchev–Trinajstić information content (AvgIpc) is 2.93. The smallest absolute Gasteiger partial charge is 0.243 e. The number of hydrogen-bond donors (Lipinski definition) is 7. The van der Waals surface area contributed by atoms with Gasteiger partial charge in [0, 0.05) is 6.54 Å². The molecule has 0 bridgehead atoms. The van der Waals surface area contributed by atoms with Crippen molar-refractivity contribution in [1.82, 2.24) is 16.0 Å². The summed E-state index contributed by atoms with van der Waals surface area (Å²) in [6.45, 7) is 1.21. The molecule has 13 heteroatoms. The molecule has 0 aromatic heterocycles. The number of aliphatic imine (C=N–C) groups is 1. The number of aldehydes is 1. The summed E-state index contributed by atoms with van der Waals surface area (Å²) in [5, 5.41) is 8.25. The van der Waals surface area contributed by atoms with Crippen LogP contribution in [0.3, 0.4) is 0 Å². The number of nitrogens with zero attached hydrogens (tertiary/aromatic N) is 1. The van der Waals surface area contributed by atoms with Crippen molar-refractivity contribution in [1.29, 1.82) is 0 Å². The Balaban J connectivity index is 2.92. The molecule has 0 spiro atoms. The summed E-state index contributed by atoms with van der Waals surface area (Å²) in [5.41, 5.74) is 22.6. The average molecular weight is 563 g/mol. The number of guanidine groups is 1. The molecule has 0 fully saturated rings. The van der Waals surface area contributed by atoms with E-state index in [4.69, 9.17) is 27.7 Å². The Bertz CT molecular complexity index is 955. The Kier molecular flexibility index (Phi) is 17.4. The predicted molar refractivity (Wildman–Crippen MR) is 154 cm³/mol.